The lowest BCUT2D eigenvalue weighted by atomic mass is 10.0. The summed E-state index contributed by atoms with van der Waals surface area (Å²) in [4.78, 5) is 24.5. The van der Waals surface area contributed by atoms with Crippen LogP contribution in [0.1, 0.15) is 386 Å². The first-order chi connectivity index (χ1) is 38.5. The van der Waals surface area contributed by atoms with Gasteiger partial charge in [0.15, 0.2) is 0 Å². The molecule has 0 saturated heterocycles. The van der Waals surface area contributed by atoms with Crippen LogP contribution in [0.4, 0.5) is 0 Å². The van der Waals surface area contributed by atoms with E-state index < -0.39 is 12.1 Å². The van der Waals surface area contributed by atoms with Crippen molar-refractivity contribution >= 4 is 11.9 Å². The number of unbranched alkanes of at least 4 members (excludes halogenated alkanes) is 51. The van der Waals surface area contributed by atoms with Crippen LogP contribution < -0.4 is 5.32 Å². The summed E-state index contributed by atoms with van der Waals surface area (Å²) in [7, 11) is 0. The highest BCUT2D eigenvalue weighted by Gasteiger charge is 2.18. The SMILES string of the molecule is CCCCCCCCCCCCC/C=C/C(O)C(CO)NC(=O)CCCCCCCCCCCCCCCCCCC/C=C\C/C=C\CCCCCCCCCCCCCOC(=O)CCCCCCCCCCCCCCC. The molecule has 1 amide bonds. The number of rotatable bonds is 66. The second kappa shape index (κ2) is 67.6. The number of esters is 1. The van der Waals surface area contributed by atoms with Gasteiger partial charge in [-0.3, -0.25) is 9.59 Å². The van der Waals surface area contributed by atoms with E-state index in [0.29, 0.717) is 19.4 Å². The summed E-state index contributed by atoms with van der Waals surface area (Å²) in [6.07, 6.45) is 86.6. The van der Waals surface area contributed by atoms with Gasteiger partial charge in [-0.15, -0.1) is 0 Å². The first-order valence-electron chi connectivity index (χ1n) is 35.3. The number of carbonyl (C=O) groups is 2. The molecule has 0 saturated carbocycles. The van der Waals surface area contributed by atoms with Crippen LogP contribution in [0.5, 0.6) is 0 Å². The van der Waals surface area contributed by atoms with Gasteiger partial charge in [0.25, 0.3) is 0 Å². The molecule has 3 N–H and O–H groups in total. The van der Waals surface area contributed by atoms with Gasteiger partial charge in [0.2, 0.25) is 5.91 Å². The molecule has 78 heavy (non-hydrogen) atoms. The summed E-state index contributed by atoms with van der Waals surface area (Å²) in [5.74, 6) is -0.0461. The van der Waals surface area contributed by atoms with E-state index in [4.69, 9.17) is 4.74 Å². The summed E-state index contributed by atoms with van der Waals surface area (Å²) in [6.45, 7) is 4.92. The van der Waals surface area contributed by atoms with Crippen LogP contribution >= 0.6 is 0 Å². The number of nitrogens with one attached hydrogen (secondary N) is 1. The molecule has 2 atom stereocenters. The molecule has 6 heteroatoms. The molecule has 0 bridgehead atoms. The molecule has 0 aromatic carbocycles. The molecule has 0 aliphatic heterocycles. The van der Waals surface area contributed by atoms with Gasteiger partial charge in [-0.2, -0.15) is 0 Å². The highest BCUT2D eigenvalue weighted by atomic mass is 16.5. The molecule has 0 rings (SSSR count). The number of hydrogen-bond acceptors (Lipinski definition) is 5. The third-order valence-electron chi connectivity index (χ3n) is 16.4. The zero-order valence-electron chi connectivity index (χ0n) is 52.7. The van der Waals surface area contributed by atoms with Gasteiger partial charge in [-0.25, -0.2) is 0 Å². The summed E-state index contributed by atoms with van der Waals surface area (Å²) >= 11 is 0. The fraction of sp³-hybridized carbons (Fsp3) is 0.889. The maximum atomic E-state index is 12.5. The fourth-order valence-electron chi connectivity index (χ4n) is 11.0. The number of carbonyl (C=O) groups excluding carboxylic acids is 2. The van der Waals surface area contributed by atoms with Crippen LogP contribution in [-0.4, -0.2) is 47.4 Å². The van der Waals surface area contributed by atoms with Crippen molar-refractivity contribution in [2.24, 2.45) is 0 Å². The maximum absolute atomic E-state index is 12.5. The van der Waals surface area contributed by atoms with Crippen LogP contribution in [0, 0.1) is 0 Å². The van der Waals surface area contributed by atoms with E-state index in [1.54, 1.807) is 6.08 Å². The van der Waals surface area contributed by atoms with Crippen molar-refractivity contribution in [1.82, 2.24) is 5.32 Å². The summed E-state index contributed by atoms with van der Waals surface area (Å²) in [5, 5.41) is 23.1. The highest BCUT2D eigenvalue weighted by molar-refractivity contribution is 5.76. The quantitative estimate of drug-likeness (QED) is 0.0320. The van der Waals surface area contributed by atoms with Gasteiger partial charge < -0.3 is 20.3 Å². The van der Waals surface area contributed by atoms with Gasteiger partial charge in [-0.05, 0) is 64.2 Å². The van der Waals surface area contributed by atoms with Crippen molar-refractivity contribution in [3.8, 4) is 0 Å². The van der Waals surface area contributed by atoms with Crippen molar-refractivity contribution < 1.29 is 24.5 Å². The molecular weight excluding hydrogens is 959 g/mol. The Balaban J connectivity index is 3.37. The summed E-state index contributed by atoms with van der Waals surface area (Å²) < 4.78 is 5.49. The van der Waals surface area contributed by atoms with Crippen molar-refractivity contribution in [2.75, 3.05) is 13.2 Å². The Morgan fingerprint density at radius 2 is 0.641 bits per heavy atom. The van der Waals surface area contributed by atoms with Crippen molar-refractivity contribution in [2.45, 2.75) is 398 Å². The molecule has 0 aliphatic carbocycles. The number of allylic oxidation sites excluding steroid dienone is 5. The maximum Gasteiger partial charge on any atom is 0.305 e. The number of aliphatic hydroxyl groups excluding tert-OH is 2. The minimum absolute atomic E-state index is 0.0184. The summed E-state index contributed by atoms with van der Waals surface area (Å²) in [5.41, 5.74) is 0. The van der Waals surface area contributed by atoms with Gasteiger partial charge >= 0.3 is 5.97 Å². The largest absolute Gasteiger partial charge is 0.466 e. The Kier molecular flexibility index (Phi) is 65.9. The van der Waals surface area contributed by atoms with E-state index >= 15 is 0 Å². The Morgan fingerprint density at radius 1 is 0.359 bits per heavy atom. The third kappa shape index (κ3) is 63.3. The van der Waals surface area contributed by atoms with Crippen LogP contribution in [0.15, 0.2) is 36.5 Å². The lowest BCUT2D eigenvalue weighted by Gasteiger charge is -2.20. The number of amides is 1. The number of aliphatic hydroxyl groups is 2. The average molecular weight is 1100 g/mol. The molecule has 2 unspecified atom stereocenters. The highest BCUT2D eigenvalue weighted by Crippen LogP contribution is 2.18. The monoisotopic (exact) mass is 1100 g/mol. The Morgan fingerprint density at radius 3 is 0.974 bits per heavy atom. The van der Waals surface area contributed by atoms with E-state index in [2.05, 4.69) is 43.5 Å². The molecule has 0 aromatic heterocycles. The zero-order valence-corrected chi connectivity index (χ0v) is 52.7. The minimum Gasteiger partial charge on any atom is -0.466 e. The second-order valence-electron chi connectivity index (χ2n) is 24.2. The second-order valence-corrected chi connectivity index (χ2v) is 24.2. The van der Waals surface area contributed by atoms with Gasteiger partial charge in [-0.1, -0.05) is 346 Å². The first kappa shape index (κ1) is 76.1. The summed E-state index contributed by atoms with van der Waals surface area (Å²) in [6, 6.07) is -0.625. The minimum atomic E-state index is -0.842. The smallest absolute Gasteiger partial charge is 0.305 e. The molecule has 0 radical (unpaired) electrons. The van der Waals surface area contributed by atoms with Crippen LogP contribution in [0.3, 0.4) is 0 Å². The first-order valence-corrected chi connectivity index (χ1v) is 35.3. The topological polar surface area (TPSA) is 95.9 Å². The van der Waals surface area contributed by atoms with E-state index in [1.807, 2.05) is 6.08 Å². The van der Waals surface area contributed by atoms with Crippen LogP contribution in [-0.2, 0) is 14.3 Å². The van der Waals surface area contributed by atoms with Crippen molar-refractivity contribution in [3.05, 3.63) is 36.5 Å². The normalized spacial score (nSPS) is 12.7. The lowest BCUT2D eigenvalue weighted by Crippen LogP contribution is -2.45. The molecule has 0 aliphatic rings. The standard InChI is InChI=1S/C72H137NO5/c1-3-5-7-9-11-13-15-40-44-48-52-56-60-64-70(75)69(68-74)73-71(76)65-61-57-53-49-45-42-38-36-34-32-30-28-26-24-22-20-18-17-19-21-23-25-27-29-31-33-35-37-39-43-47-51-55-59-63-67-78-72(77)66-62-58-54-50-46-41-16-14-12-10-8-6-4-2/h19,21,25,27,60,64,69-70,74-75H,3-18,20,22-24,26,28-59,61-63,65-68H2,1-2H3,(H,73,76)/b21-19-,27-25-,64-60+. The Labute approximate surface area is 487 Å². The third-order valence-corrected chi connectivity index (χ3v) is 16.4. The van der Waals surface area contributed by atoms with E-state index in [1.165, 1.54) is 315 Å². The Hall–Kier alpha value is -1.92. The lowest BCUT2D eigenvalue weighted by molar-refractivity contribution is -0.143. The molecular formula is C72H137NO5. The number of hydrogen-bond donors (Lipinski definition) is 3. The van der Waals surface area contributed by atoms with E-state index in [9.17, 15) is 19.8 Å². The van der Waals surface area contributed by atoms with Gasteiger partial charge in [0, 0.05) is 12.8 Å². The predicted octanol–water partition coefficient (Wildman–Crippen LogP) is 22.7. The van der Waals surface area contributed by atoms with Gasteiger partial charge in [0.1, 0.15) is 0 Å². The van der Waals surface area contributed by atoms with Crippen molar-refractivity contribution in [3.63, 3.8) is 0 Å². The van der Waals surface area contributed by atoms with Crippen molar-refractivity contribution in [1.29, 1.82) is 0 Å². The molecule has 0 fully saturated rings. The van der Waals surface area contributed by atoms with Gasteiger partial charge in [0.05, 0.1) is 25.4 Å². The average Bonchev–Trinajstić information content (AvgIpc) is 3.44. The zero-order chi connectivity index (χ0) is 56.4. The van der Waals surface area contributed by atoms with Crippen LogP contribution in [0.25, 0.3) is 0 Å². The Bertz CT molecular complexity index is 1260. The number of ether oxygens (including phenoxy) is 1. The molecule has 0 aromatic rings. The molecule has 0 heterocycles. The van der Waals surface area contributed by atoms with E-state index in [0.717, 1.165) is 44.9 Å². The molecule has 460 valence electrons. The van der Waals surface area contributed by atoms with Crippen LogP contribution in [0.2, 0.25) is 0 Å². The predicted molar refractivity (Wildman–Crippen MR) is 343 cm³/mol. The molecule has 6 nitrogen and oxygen atoms in total. The molecule has 0 spiro atoms. The van der Waals surface area contributed by atoms with E-state index in [-0.39, 0.29) is 18.5 Å². The fourth-order valence-corrected chi connectivity index (χ4v) is 11.0.